The van der Waals surface area contributed by atoms with Gasteiger partial charge in [0.05, 0.1) is 28.8 Å². The Morgan fingerprint density at radius 2 is 1.77 bits per heavy atom. The lowest BCUT2D eigenvalue weighted by atomic mass is 9.97. The zero-order chi connectivity index (χ0) is 30.7. The number of carbonyl (C=O) groups excluding carboxylic acids is 3. The third-order valence-corrected chi connectivity index (χ3v) is 8.55. The molecule has 7 rings (SSSR count). The highest BCUT2D eigenvalue weighted by Crippen LogP contribution is 2.39. The predicted octanol–water partition coefficient (Wildman–Crippen LogP) is 6.08. The van der Waals surface area contributed by atoms with Crippen molar-refractivity contribution >= 4 is 40.1 Å². The summed E-state index contributed by atoms with van der Waals surface area (Å²) < 4.78 is 21.3. The molecule has 0 radical (unpaired) electrons. The number of aromatic nitrogens is 3. The van der Waals surface area contributed by atoms with Gasteiger partial charge in [-0.25, -0.2) is 18.8 Å². The van der Waals surface area contributed by atoms with Gasteiger partial charge in [-0.15, -0.1) is 0 Å². The Labute approximate surface area is 251 Å². The lowest BCUT2D eigenvalue weighted by molar-refractivity contribution is -0.121. The highest BCUT2D eigenvalue weighted by molar-refractivity contribution is 6.24. The van der Waals surface area contributed by atoms with Gasteiger partial charge in [0, 0.05) is 10.9 Å². The summed E-state index contributed by atoms with van der Waals surface area (Å²) in [7, 11) is 0. The van der Waals surface area contributed by atoms with Crippen LogP contribution in [0.15, 0.2) is 66.9 Å². The second-order valence-electron chi connectivity index (χ2n) is 11.4. The van der Waals surface area contributed by atoms with E-state index in [4.69, 9.17) is 10.5 Å². The number of hydrogen-bond donors (Lipinski definition) is 3. The Morgan fingerprint density at radius 3 is 2.52 bits per heavy atom. The summed E-state index contributed by atoms with van der Waals surface area (Å²) in [4.78, 5) is 44.2. The molecule has 1 aliphatic heterocycles. The number of nitrogens with two attached hydrogens (primary N) is 1. The minimum absolute atomic E-state index is 0.114. The number of para-hydroxylation sites is 1. The first-order chi connectivity index (χ1) is 21.1. The summed E-state index contributed by atoms with van der Waals surface area (Å²) in [5.41, 5.74) is 9.23. The fourth-order valence-electron chi connectivity index (χ4n) is 6.21. The third-order valence-electron chi connectivity index (χ3n) is 8.55. The number of carbonyl (C=O) groups is 3. The van der Waals surface area contributed by atoms with Gasteiger partial charge in [-0.2, -0.15) is 5.10 Å². The molecular weight excluding hydrogens is 563 g/mol. The zero-order valence-corrected chi connectivity index (χ0v) is 24.1. The molecule has 3 heterocycles. The van der Waals surface area contributed by atoms with E-state index in [1.165, 1.54) is 21.8 Å². The van der Waals surface area contributed by atoms with E-state index in [0.29, 0.717) is 35.5 Å². The second-order valence-corrected chi connectivity index (χ2v) is 11.4. The van der Waals surface area contributed by atoms with Crippen LogP contribution < -0.4 is 20.7 Å². The number of ether oxygens (including phenoxy) is 1. The Kier molecular flexibility index (Phi) is 6.27. The molecule has 5 aromatic rings. The van der Waals surface area contributed by atoms with Gasteiger partial charge < -0.3 is 20.8 Å². The number of hydrogen-bond acceptors (Lipinski definition) is 6. The monoisotopic (exact) mass is 592 g/mol. The largest absolute Gasteiger partial charge is 0.454 e. The van der Waals surface area contributed by atoms with E-state index in [-0.39, 0.29) is 34.5 Å². The first-order valence-corrected chi connectivity index (χ1v) is 14.4. The van der Waals surface area contributed by atoms with Crippen molar-refractivity contribution in [3.05, 3.63) is 95.1 Å². The van der Waals surface area contributed by atoms with Crippen LogP contribution in [0.25, 0.3) is 16.6 Å². The van der Waals surface area contributed by atoms with Gasteiger partial charge in [-0.3, -0.25) is 9.59 Å². The van der Waals surface area contributed by atoms with Crippen molar-refractivity contribution in [1.29, 1.82) is 0 Å². The number of anilines is 2. The molecule has 3 amide bonds. The van der Waals surface area contributed by atoms with Crippen LogP contribution in [0, 0.1) is 19.7 Å². The van der Waals surface area contributed by atoms with Gasteiger partial charge in [0.25, 0.3) is 5.91 Å². The van der Waals surface area contributed by atoms with E-state index in [0.717, 1.165) is 29.4 Å². The average molecular weight is 593 g/mol. The number of aryl methyl sites for hydroxylation is 2. The van der Waals surface area contributed by atoms with Crippen LogP contribution >= 0.6 is 0 Å². The normalized spacial score (nSPS) is 15.8. The SMILES string of the molecule is Cc1cc(-n2ncc(C(=O)c3cc4cc(C)c(N5C(=O)NC6(CCCC6)C5=O)cc4[nH]3)c2N)ccc1Oc1ccccc1F. The number of ketones is 1. The minimum atomic E-state index is -0.821. The van der Waals surface area contributed by atoms with Crippen LogP contribution in [0.2, 0.25) is 0 Å². The second kappa shape index (κ2) is 10.1. The maximum absolute atomic E-state index is 14.1. The van der Waals surface area contributed by atoms with Crippen LogP contribution in [-0.4, -0.2) is 38.0 Å². The van der Waals surface area contributed by atoms with E-state index in [2.05, 4.69) is 15.4 Å². The fourth-order valence-corrected chi connectivity index (χ4v) is 6.21. The molecule has 10 nitrogen and oxygen atoms in total. The summed E-state index contributed by atoms with van der Waals surface area (Å²) >= 11 is 0. The van der Waals surface area contributed by atoms with Crippen molar-refractivity contribution in [1.82, 2.24) is 20.1 Å². The maximum atomic E-state index is 14.1. The maximum Gasteiger partial charge on any atom is 0.329 e. The van der Waals surface area contributed by atoms with E-state index in [1.807, 2.05) is 19.9 Å². The smallest absolute Gasteiger partial charge is 0.329 e. The van der Waals surface area contributed by atoms with Gasteiger partial charge >= 0.3 is 6.03 Å². The average Bonchev–Trinajstić information content (AvgIpc) is 3.77. The van der Waals surface area contributed by atoms with Crippen LogP contribution in [0.3, 0.4) is 0 Å². The quantitative estimate of drug-likeness (QED) is 0.161. The number of amides is 3. The van der Waals surface area contributed by atoms with Crippen molar-refractivity contribution in [2.75, 3.05) is 10.6 Å². The van der Waals surface area contributed by atoms with Crippen molar-refractivity contribution in [2.24, 2.45) is 0 Å². The lowest BCUT2D eigenvalue weighted by Gasteiger charge is -2.20. The van der Waals surface area contributed by atoms with Gasteiger partial charge in [0.1, 0.15) is 17.1 Å². The Bertz CT molecular complexity index is 2000. The van der Waals surface area contributed by atoms with Gasteiger partial charge in [0.15, 0.2) is 11.6 Å². The van der Waals surface area contributed by atoms with Gasteiger partial charge in [-0.05, 0) is 86.3 Å². The Balaban J connectivity index is 1.16. The number of rotatable bonds is 6. The molecule has 1 aliphatic carbocycles. The number of H-pyrrole nitrogens is 1. The molecule has 0 unspecified atom stereocenters. The molecule has 11 heteroatoms. The highest BCUT2D eigenvalue weighted by atomic mass is 19.1. The molecule has 1 saturated heterocycles. The number of urea groups is 1. The van der Waals surface area contributed by atoms with Gasteiger partial charge in [0.2, 0.25) is 5.78 Å². The molecular formula is C33H29FN6O4. The topological polar surface area (TPSA) is 135 Å². The molecule has 1 saturated carbocycles. The number of benzene rings is 3. The van der Waals surface area contributed by atoms with Crippen molar-refractivity contribution in [2.45, 2.75) is 45.1 Å². The number of halogens is 1. The summed E-state index contributed by atoms with van der Waals surface area (Å²) in [6, 6.07) is 16.2. The number of aromatic amines is 1. The highest BCUT2D eigenvalue weighted by Gasteiger charge is 2.53. The standard InChI is InChI=1S/C33H29FN6O4/c1-18-13-20-15-25(37-24(20)16-26(18)39-31(42)33(38-32(39)43)11-5-6-12-33)29(41)22-17-36-40(30(22)35)21-9-10-27(19(2)14-21)44-28-8-4-3-7-23(28)34/h3-4,7-10,13-17,37H,5-6,11-12,35H2,1-2H3,(H,38,43). The van der Waals surface area contributed by atoms with Crippen LogP contribution in [-0.2, 0) is 4.79 Å². The molecule has 0 atom stereocenters. The number of nitrogens with zero attached hydrogens (tertiary/aromatic N) is 3. The molecule has 2 fully saturated rings. The molecule has 222 valence electrons. The van der Waals surface area contributed by atoms with Crippen LogP contribution in [0.1, 0.15) is 52.9 Å². The first-order valence-electron chi connectivity index (χ1n) is 14.4. The summed E-state index contributed by atoms with van der Waals surface area (Å²) in [6.07, 6.45) is 4.48. The van der Waals surface area contributed by atoms with Gasteiger partial charge in [-0.1, -0.05) is 25.0 Å². The molecule has 2 aromatic heterocycles. The molecule has 4 N–H and O–H groups in total. The summed E-state index contributed by atoms with van der Waals surface area (Å²) in [5.74, 6) is -0.323. The van der Waals surface area contributed by atoms with E-state index < -0.39 is 17.4 Å². The summed E-state index contributed by atoms with van der Waals surface area (Å²) in [5, 5.41) is 8.03. The number of fused-ring (bicyclic) bond motifs is 1. The minimum Gasteiger partial charge on any atom is -0.454 e. The third kappa shape index (κ3) is 4.31. The van der Waals surface area contributed by atoms with Crippen LogP contribution in [0.5, 0.6) is 11.5 Å². The predicted molar refractivity (Wildman–Crippen MR) is 163 cm³/mol. The Morgan fingerprint density at radius 1 is 1.00 bits per heavy atom. The number of nitrogen functional groups attached to an aromatic ring is 1. The number of imide groups is 1. The fraction of sp³-hybridized carbons (Fsp3) is 0.212. The van der Waals surface area contributed by atoms with Crippen molar-refractivity contribution in [3.63, 3.8) is 0 Å². The molecule has 1 spiro atoms. The molecule has 2 aliphatic rings. The van der Waals surface area contributed by atoms with Crippen molar-refractivity contribution in [3.8, 4) is 17.2 Å². The Hall–Kier alpha value is -5.45. The molecule has 3 aromatic carbocycles. The molecule has 0 bridgehead atoms. The van der Waals surface area contributed by atoms with E-state index >= 15 is 0 Å². The summed E-state index contributed by atoms with van der Waals surface area (Å²) in [6.45, 7) is 3.65. The zero-order valence-electron chi connectivity index (χ0n) is 24.1. The van der Waals surface area contributed by atoms with Crippen LogP contribution in [0.4, 0.5) is 20.7 Å². The lowest BCUT2D eigenvalue weighted by Crippen LogP contribution is -2.44. The van der Waals surface area contributed by atoms with Crippen molar-refractivity contribution < 1.29 is 23.5 Å². The number of nitrogens with one attached hydrogen (secondary N) is 2. The first kappa shape index (κ1) is 27.4. The molecule has 44 heavy (non-hydrogen) atoms. The van der Waals surface area contributed by atoms with E-state index in [1.54, 1.807) is 48.5 Å². The van der Waals surface area contributed by atoms with E-state index in [9.17, 15) is 18.8 Å².